The first-order chi connectivity index (χ1) is 15.5. The van der Waals surface area contributed by atoms with Gasteiger partial charge in [0.15, 0.2) is 6.07 Å². The largest absolute Gasteiger partial charge is 0.433 e. The Morgan fingerprint density at radius 2 is 2.16 bits per heavy atom. The second kappa shape index (κ2) is 7.94. The van der Waals surface area contributed by atoms with Crippen LogP contribution in [0.25, 0.3) is 22.3 Å². The number of benzene rings is 1. The summed E-state index contributed by atoms with van der Waals surface area (Å²) >= 11 is 5.56. The van der Waals surface area contributed by atoms with E-state index < -0.39 is 12.0 Å². The van der Waals surface area contributed by atoms with Crippen molar-refractivity contribution in [3.8, 4) is 11.3 Å². The number of carbonyl (C=O) groups excluding carboxylic acids is 2. The zero-order valence-electron chi connectivity index (χ0n) is 17.7. The van der Waals surface area contributed by atoms with Crippen LogP contribution in [0.3, 0.4) is 0 Å². The molecule has 2 N–H and O–H groups in total. The summed E-state index contributed by atoms with van der Waals surface area (Å²) in [5.74, 6) is 0.226. The molecule has 0 fully saturated rings. The zero-order valence-corrected chi connectivity index (χ0v) is 18.4. The summed E-state index contributed by atoms with van der Waals surface area (Å²) in [5.41, 5.74) is 5.18. The number of aromatic nitrogens is 3. The molecule has 2 aliphatic rings. The lowest BCUT2D eigenvalue weighted by molar-refractivity contribution is 0.0660. The fourth-order valence-corrected chi connectivity index (χ4v) is 4.45. The predicted octanol–water partition coefficient (Wildman–Crippen LogP) is 4.57. The molecule has 9 heteroatoms. The number of hydrogen-bond donors (Lipinski definition) is 2. The van der Waals surface area contributed by atoms with Crippen LogP contribution in [0.1, 0.15) is 41.0 Å². The number of fused-ring (bicyclic) bond motifs is 3. The van der Waals surface area contributed by atoms with Crippen molar-refractivity contribution >= 4 is 40.5 Å². The standard InChI is InChI=1S/C23H22ClN5O3/c1-12-5-3-6-14-10-29(23(31)32-11-24)22(30)16-9-18(27-19(14)16)15-7-4-8-17-20(15)28-21(25-12)13(2)26-17/h3-5,7-9,12,14,27H,6,10-11H2,1-2H3,(H,25,28)/b5-3+/t12-,14-/m0/s1. The number of ether oxygens (including phenoxy) is 1. The Morgan fingerprint density at radius 1 is 1.31 bits per heavy atom. The van der Waals surface area contributed by atoms with Gasteiger partial charge in [-0.1, -0.05) is 35.9 Å². The molecule has 8 nitrogen and oxygen atoms in total. The average Bonchev–Trinajstić information content (AvgIpc) is 3.21. The van der Waals surface area contributed by atoms with Crippen LogP contribution < -0.4 is 5.32 Å². The summed E-state index contributed by atoms with van der Waals surface area (Å²) in [6, 6.07) is 7.29. The van der Waals surface area contributed by atoms with E-state index in [0.717, 1.165) is 44.4 Å². The van der Waals surface area contributed by atoms with Crippen LogP contribution in [0.15, 0.2) is 36.4 Å². The zero-order chi connectivity index (χ0) is 22.4. The third kappa shape index (κ3) is 3.40. The van der Waals surface area contributed by atoms with E-state index in [4.69, 9.17) is 26.3 Å². The van der Waals surface area contributed by atoms with Gasteiger partial charge in [-0.2, -0.15) is 0 Å². The second-order valence-electron chi connectivity index (χ2n) is 8.07. The fraction of sp³-hybridized carbons (Fsp3) is 0.304. The van der Waals surface area contributed by atoms with Crippen molar-refractivity contribution in [3.63, 3.8) is 0 Å². The summed E-state index contributed by atoms with van der Waals surface area (Å²) in [4.78, 5) is 39.7. The molecule has 2 aliphatic heterocycles. The first-order valence-electron chi connectivity index (χ1n) is 10.4. The molecular formula is C23H22ClN5O3. The van der Waals surface area contributed by atoms with E-state index in [-0.39, 0.29) is 24.6 Å². The number of rotatable bonds is 1. The Bertz CT molecular complexity index is 1270. The highest BCUT2D eigenvalue weighted by Crippen LogP contribution is 2.36. The molecule has 0 saturated heterocycles. The molecule has 2 atom stereocenters. The van der Waals surface area contributed by atoms with Crippen molar-refractivity contribution in [2.45, 2.75) is 32.2 Å². The maximum Gasteiger partial charge on any atom is 0.418 e. The molecule has 0 unspecified atom stereocenters. The summed E-state index contributed by atoms with van der Waals surface area (Å²) < 4.78 is 4.90. The molecule has 5 rings (SSSR count). The highest BCUT2D eigenvalue weighted by molar-refractivity contribution is 6.17. The Kier molecular flexibility index (Phi) is 5.09. The summed E-state index contributed by atoms with van der Waals surface area (Å²) in [5, 5.41) is 3.42. The molecule has 1 aromatic carbocycles. The molecular weight excluding hydrogens is 430 g/mol. The molecule has 2 aromatic heterocycles. The van der Waals surface area contributed by atoms with Crippen LogP contribution in [0, 0.1) is 6.92 Å². The number of halogens is 1. The normalized spacial score (nSPS) is 20.8. The molecule has 32 heavy (non-hydrogen) atoms. The lowest BCUT2D eigenvalue weighted by Gasteiger charge is -2.29. The number of hydrogen-bond acceptors (Lipinski definition) is 6. The van der Waals surface area contributed by atoms with Gasteiger partial charge in [0.1, 0.15) is 11.3 Å². The van der Waals surface area contributed by atoms with E-state index in [0.29, 0.717) is 12.0 Å². The number of aromatic amines is 1. The van der Waals surface area contributed by atoms with Gasteiger partial charge in [-0.25, -0.2) is 19.7 Å². The van der Waals surface area contributed by atoms with E-state index in [1.165, 1.54) is 0 Å². The molecule has 164 valence electrons. The van der Waals surface area contributed by atoms with E-state index in [1.54, 1.807) is 6.07 Å². The van der Waals surface area contributed by atoms with Crippen molar-refractivity contribution in [1.82, 2.24) is 19.9 Å². The van der Waals surface area contributed by atoms with Crippen molar-refractivity contribution in [2.75, 3.05) is 17.9 Å². The number of nitrogens with one attached hydrogen (secondary N) is 2. The fourth-order valence-electron chi connectivity index (χ4n) is 4.36. The van der Waals surface area contributed by atoms with Gasteiger partial charge >= 0.3 is 6.09 Å². The van der Waals surface area contributed by atoms with E-state index in [9.17, 15) is 9.59 Å². The van der Waals surface area contributed by atoms with Crippen LogP contribution in [-0.2, 0) is 4.74 Å². The van der Waals surface area contributed by atoms with Crippen LogP contribution in [-0.4, -0.2) is 50.5 Å². The van der Waals surface area contributed by atoms with Gasteiger partial charge in [-0.3, -0.25) is 4.79 Å². The minimum atomic E-state index is -0.736. The minimum absolute atomic E-state index is 0.0220. The number of allylic oxidation sites excluding steroid dienone is 1. The Morgan fingerprint density at radius 3 is 2.97 bits per heavy atom. The Balaban J connectivity index is 1.71. The summed E-state index contributed by atoms with van der Waals surface area (Å²) in [6.07, 6.45) is 4.01. The van der Waals surface area contributed by atoms with Crippen molar-refractivity contribution in [3.05, 3.63) is 53.4 Å². The molecule has 4 bridgehead atoms. The van der Waals surface area contributed by atoms with Gasteiger partial charge in [0, 0.05) is 35.5 Å². The SMILES string of the molecule is Cc1nc2cccc3c2nc1N[C@@H](C)/C=C/C[C@H]1CN(C(=O)OCCl)C(=O)c2cc-3[nH]c21. The van der Waals surface area contributed by atoms with Gasteiger partial charge in [0.2, 0.25) is 0 Å². The number of alkyl halides is 1. The topological polar surface area (TPSA) is 100 Å². The van der Waals surface area contributed by atoms with Gasteiger partial charge < -0.3 is 15.0 Å². The van der Waals surface area contributed by atoms with Gasteiger partial charge in [0.05, 0.1) is 16.8 Å². The molecule has 2 amide bonds. The van der Waals surface area contributed by atoms with Gasteiger partial charge in [-0.05, 0) is 32.4 Å². The lowest BCUT2D eigenvalue weighted by atomic mass is 9.93. The number of nitrogens with zero attached hydrogens (tertiary/aromatic N) is 3. The maximum absolute atomic E-state index is 13.1. The predicted molar refractivity (Wildman–Crippen MR) is 122 cm³/mol. The number of anilines is 1. The van der Waals surface area contributed by atoms with E-state index in [1.807, 2.05) is 32.0 Å². The number of para-hydroxylation sites is 1. The highest BCUT2D eigenvalue weighted by Gasteiger charge is 2.37. The van der Waals surface area contributed by atoms with E-state index in [2.05, 4.69) is 22.5 Å². The number of H-pyrrole nitrogens is 1. The van der Waals surface area contributed by atoms with Crippen LogP contribution in [0.5, 0.6) is 0 Å². The molecule has 4 heterocycles. The molecule has 0 saturated carbocycles. The molecule has 0 aliphatic carbocycles. The number of imide groups is 1. The van der Waals surface area contributed by atoms with Crippen LogP contribution >= 0.6 is 11.6 Å². The number of aryl methyl sites for hydroxylation is 1. The Hall–Kier alpha value is -3.39. The average molecular weight is 452 g/mol. The van der Waals surface area contributed by atoms with Crippen molar-refractivity contribution in [2.24, 2.45) is 0 Å². The lowest BCUT2D eigenvalue weighted by Crippen LogP contribution is -2.43. The van der Waals surface area contributed by atoms with Gasteiger partial charge in [-0.15, -0.1) is 0 Å². The Labute approximate surface area is 189 Å². The monoisotopic (exact) mass is 451 g/mol. The molecule has 0 radical (unpaired) electrons. The highest BCUT2D eigenvalue weighted by atomic mass is 35.5. The van der Waals surface area contributed by atoms with Gasteiger partial charge in [0.25, 0.3) is 5.91 Å². The summed E-state index contributed by atoms with van der Waals surface area (Å²) in [7, 11) is 0. The van der Waals surface area contributed by atoms with Crippen molar-refractivity contribution < 1.29 is 14.3 Å². The maximum atomic E-state index is 13.1. The van der Waals surface area contributed by atoms with Crippen molar-refractivity contribution in [1.29, 1.82) is 0 Å². The first kappa shape index (κ1) is 20.5. The van der Waals surface area contributed by atoms with E-state index >= 15 is 0 Å². The number of carbonyl (C=O) groups is 2. The van der Waals surface area contributed by atoms with Crippen LogP contribution in [0.4, 0.5) is 10.6 Å². The molecule has 3 aromatic rings. The molecule has 0 spiro atoms. The summed E-state index contributed by atoms with van der Waals surface area (Å²) in [6.45, 7) is 4.19. The second-order valence-corrected chi connectivity index (χ2v) is 8.29. The number of amides is 2. The minimum Gasteiger partial charge on any atom is -0.433 e. The quantitative estimate of drug-likeness (QED) is 0.415. The van der Waals surface area contributed by atoms with Crippen LogP contribution in [0.2, 0.25) is 0 Å². The smallest absolute Gasteiger partial charge is 0.418 e. The third-order valence-electron chi connectivity index (χ3n) is 5.90. The third-order valence-corrected chi connectivity index (χ3v) is 6.01. The first-order valence-corrected chi connectivity index (χ1v) is 11.0.